The third kappa shape index (κ3) is 3.38. The summed E-state index contributed by atoms with van der Waals surface area (Å²) in [5.41, 5.74) is 0.109. The number of alkyl carbamates (subject to hydrolysis) is 1. The molecule has 104 valence electrons. The van der Waals surface area contributed by atoms with Crippen molar-refractivity contribution in [2.24, 2.45) is 0 Å². The van der Waals surface area contributed by atoms with Crippen LogP contribution in [0.25, 0.3) is 0 Å². The number of amides is 1. The molecule has 19 heavy (non-hydrogen) atoms. The predicted octanol–water partition coefficient (Wildman–Crippen LogP) is 2.01. The first-order valence-corrected chi connectivity index (χ1v) is 6.26. The van der Waals surface area contributed by atoms with E-state index in [0.717, 1.165) is 0 Å². The Bertz CT molecular complexity index is 467. The second-order valence-corrected chi connectivity index (χ2v) is 5.55. The highest BCUT2D eigenvalue weighted by Gasteiger charge is 2.31. The van der Waals surface area contributed by atoms with Gasteiger partial charge in [0.15, 0.2) is 0 Å². The highest BCUT2D eigenvalue weighted by Crippen LogP contribution is 2.31. The summed E-state index contributed by atoms with van der Waals surface area (Å²) in [5.74, 6) is 0.650. The predicted molar refractivity (Wildman–Crippen MR) is 70.1 cm³/mol. The van der Waals surface area contributed by atoms with Crippen LogP contribution >= 0.6 is 0 Å². The average Bonchev–Trinajstić information content (AvgIpc) is 2.31. The van der Waals surface area contributed by atoms with E-state index in [-0.39, 0.29) is 6.61 Å². The molecule has 1 heterocycles. The zero-order valence-corrected chi connectivity index (χ0v) is 11.3. The summed E-state index contributed by atoms with van der Waals surface area (Å²) in [4.78, 5) is 11.7. The lowest BCUT2D eigenvalue weighted by molar-refractivity contribution is 0.0310. The maximum Gasteiger partial charge on any atom is 0.408 e. The number of aliphatic hydroxyl groups is 1. The number of aliphatic hydroxyl groups excluding tert-OH is 1. The second kappa shape index (κ2) is 5.09. The molecule has 2 N–H and O–H groups in total. The van der Waals surface area contributed by atoms with Crippen LogP contribution < -0.4 is 10.1 Å². The van der Waals surface area contributed by atoms with Gasteiger partial charge in [0.1, 0.15) is 24.1 Å². The van der Waals surface area contributed by atoms with Crippen LogP contribution in [0.1, 0.15) is 32.4 Å². The number of hydrogen-bond donors (Lipinski definition) is 2. The molecule has 1 amide bonds. The Morgan fingerprint density at radius 3 is 2.79 bits per heavy atom. The minimum absolute atomic E-state index is 0.220. The summed E-state index contributed by atoms with van der Waals surface area (Å²) >= 11 is 0. The molecule has 0 spiro atoms. The van der Waals surface area contributed by atoms with Crippen LogP contribution in [0.4, 0.5) is 4.79 Å². The van der Waals surface area contributed by atoms with Crippen molar-refractivity contribution in [3.8, 4) is 5.75 Å². The molecule has 2 rings (SSSR count). The van der Waals surface area contributed by atoms with Gasteiger partial charge in [0.05, 0.1) is 6.04 Å². The van der Waals surface area contributed by atoms with Crippen molar-refractivity contribution in [1.29, 1.82) is 0 Å². The molecule has 0 saturated heterocycles. The van der Waals surface area contributed by atoms with Crippen LogP contribution in [-0.4, -0.2) is 29.4 Å². The third-order valence-corrected chi connectivity index (χ3v) is 2.74. The van der Waals surface area contributed by atoms with E-state index in [4.69, 9.17) is 9.47 Å². The lowest BCUT2D eigenvalue weighted by Gasteiger charge is -2.31. The van der Waals surface area contributed by atoms with E-state index in [1.165, 1.54) is 0 Å². The Morgan fingerprint density at radius 1 is 1.42 bits per heavy atom. The van der Waals surface area contributed by atoms with Gasteiger partial charge in [-0.2, -0.15) is 0 Å². The van der Waals surface area contributed by atoms with Gasteiger partial charge in [-0.05, 0) is 26.8 Å². The molecule has 5 nitrogen and oxygen atoms in total. The zero-order chi connectivity index (χ0) is 14.0. The first kappa shape index (κ1) is 13.7. The zero-order valence-electron chi connectivity index (χ0n) is 11.3. The Hall–Kier alpha value is -1.75. The van der Waals surface area contributed by atoms with Crippen LogP contribution in [0.2, 0.25) is 0 Å². The van der Waals surface area contributed by atoms with Crippen LogP contribution in [0.3, 0.4) is 0 Å². The fourth-order valence-electron chi connectivity index (χ4n) is 1.92. The minimum Gasteiger partial charge on any atom is -0.491 e. The van der Waals surface area contributed by atoms with Gasteiger partial charge < -0.3 is 19.9 Å². The standard InChI is InChI=1S/C14H19NO4/c1-14(2,3)19-13(17)15-10-8-18-11-7-5-4-6-9(11)12(10)16/h4-7,10,12,16H,8H2,1-3H3,(H,15,17)/t10-,12-/m1/s1. The maximum atomic E-state index is 11.7. The number of ether oxygens (including phenoxy) is 2. The molecule has 0 aliphatic carbocycles. The quantitative estimate of drug-likeness (QED) is 0.815. The van der Waals surface area contributed by atoms with Crippen molar-refractivity contribution < 1.29 is 19.4 Å². The molecule has 0 aromatic heterocycles. The van der Waals surface area contributed by atoms with Gasteiger partial charge in [-0.15, -0.1) is 0 Å². The van der Waals surface area contributed by atoms with Crippen LogP contribution in [-0.2, 0) is 4.74 Å². The number of rotatable bonds is 1. The molecule has 0 fully saturated rings. The molecule has 1 aromatic carbocycles. The SMILES string of the molecule is CC(C)(C)OC(=O)N[C@@H]1COc2ccccc2[C@H]1O. The van der Waals surface area contributed by atoms with Gasteiger partial charge in [-0.25, -0.2) is 4.79 Å². The van der Waals surface area contributed by atoms with Crippen molar-refractivity contribution in [2.75, 3.05) is 6.61 Å². The molecule has 1 aromatic rings. The molecular formula is C14H19NO4. The first-order chi connectivity index (χ1) is 8.87. The van der Waals surface area contributed by atoms with Crippen molar-refractivity contribution in [1.82, 2.24) is 5.32 Å². The summed E-state index contributed by atoms with van der Waals surface area (Å²) in [6.07, 6.45) is -1.35. The van der Waals surface area contributed by atoms with E-state index in [1.54, 1.807) is 32.9 Å². The van der Waals surface area contributed by atoms with Gasteiger partial charge in [-0.3, -0.25) is 0 Å². The van der Waals surface area contributed by atoms with Gasteiger partial charge >= 0.3 is 6.09 Å². The van der Waals surface area contributed by atoms with E-state index >= 15 is 0 Å². The Kier molecular flexibility index (Phi) is 3.66. The molecule has 0 radical (unpaired) electrons. The Balaban J connectivity index is 2.02. The minimum atomic E-state index is -0.794. The van der Waals surface area contributed by atoms with Crippen molar-refractivity contribution in [2.45, 2.75) is 38.5 Å². The van der Waals surface area contributed by atoms with Gasteiger partial charge in [-0.1, -0.05) is 18.2 Å². The Morgan fingerprint density at radius 2 is 2.11 bits per heavy atom. The van der Waals surface area contributed by atoms with Gasteiger partial charge in [0.25, 0.3) is 0 Å². The normalized spacial score (nSPS) is 22.1. The lowest BCUT2D eigenvalue weighted by atomic mass is 9.99. The smallest absolute Gasteiger partial charge is 0.408 e. The number of hydrogen-bond acceptors (Lipinski definition) is 4. The summed E-state index contributed by atoms with van der Waals surface area (Å²) < 4.78 is 10.7. The summed E-state index contributed by atoms with van der Waals surface area (Å²) in [5, 5.41) is 12.8. The summed E-state index contributed by atoms with van der Waals surface area (Å²) in [6, 6.07) is 6.73. The molecule has 2 atom stereocenters. The Labute approximate surface area is 112 Å². The van der Waals surface area contributed by atoms with E-state index in [9.17, 15) is 9.90 Å². The number of nitrogens with one attached hydrogen (secondary N) is 1. The van der Waals surface area contributed by atoms with E-state index in [2.05, 4.69) is 5.32 Å². The fourth-order valence-corrected chi connectivity index (χ4v) is 1.92. The topological polar surface area (TPSA) is 67.8 Å². The monoisotopic (exact) mass is 265 g/mol. The number of benzene rings is 1. The number of carbonyl (C=O) groups excluding carboxylic acids is 1. The summed E-state index contributed by atoms with van der Waals surface area (Å²) in [7, 11) is 0. The summed E-state index contributed by atoms with van der Waals surface area (Å²) in [6.45, 7) is 5.58. The highest BCUT2D eigenvalue weighted by molar-refractivity contribution is 5.68. The largest absolute Gasteiger partial charge is 0.491 e. The second-order valence-electron chi connectivity index (χ2n) is 5.55. The molecule has 0 bridgehead atoms. The van der Waals surface area contributed by atoms with E-state index < -0.39 is 23.8 Å². The molecule has 0 saturated carbocycles. The number of para-hydroxylation sites is 1. The third-order valence-electron chi connectivity index (χ3n) is 2.74. The molecule has 1 aliphatic heterocycles. The van der Waals surface area contributed by atoms with Gasteiger partial charge in [0.2, 0.25) is 0 Å². The lowest BCUT2D eigenvalue weighted by Crippen LogP contribution is -2.47. The fraction of sp³-hybridized carbons (Fsp3) is 0.500. The van der Waals surface area contributed by atoms with Crippen molar-refractivity contribution in [3.05, 3.63) is 29.8 Å². The van der Waals surface area contributed by atoms with E-state index in [1.807, 2.05) is 12.1 Å². The molecular weight excluding hydrogens is 246 g/mol. The van der Waals surface area contributed by atoms with Crippen LogP contribution in [0.5, 0.6) is 5.75 Å². The van der Waals surface area contributed by atoms with Crippen molar-refractivity contribution in [3.63, 3.8) is 0 Å². The van der Waals surface area contributed by atoms with Crippen LogP contribution in [0, 0.1) is 0 Å². The molecule has 5 heteroatoms. The first-order valence-electron chi connectivity index (χ1n) is 6.26. The van der Waals surface area contributed by atoms with Crippen LogP contribution in [0.15, 0.2) is 24.3 Å². The average molecular weight is 265 g/mol. The molecule has 0 unspecified atom stereocenters. The number of carbonyl (C=O) groups is 1. The highest BCUT2D eigenvalue weighted by atomic mass is 16.6. The number of fused-ring (bicyclic) bond motifs is 1. The van der Waals surface area contributed by atoms with Crippen molar-refractivity contribution >= 4 is 6.09 Å². The molecule has 1 aliphatic rings. The van der Waals surface area contributed by atoms with E-state index in [0.29, 0.717) is 11.3 Å². The van der Waals surface area contributed by atoms with Gasteiger partial charge in [0, 0.05) is 5.56 Å². The maximum absolute atomic E-state index is 11.7.